The van der Waals surface area contributed by atoms with Crippen LogP contribution in [-0.2, 0) is 6.42 Å². The number of Topliss-reactive ketones (excluding diaryl/α,β-unsaturated/α-hetero) is 1. The van der Waals surface area contributed by atoms with Crippen molar-refractivity contribution < 1.29 is 4.79 Å². The van der Waals surface area contributed by atoms with E-state index in [-0.39, 0.29) is 11.7 Å². The predicted octanol–water partition coefficient (Wildman–Crippen LogP) is 3.15. The average molecular weight is 303 g/mol. The van der Waals surface area contributed by atoms with Crippen molar-refractivity contribution in [2.75, 3.05) is 0 Å². The Hall–Kier alpha value is -1.55. The molecule has 1 atom stereocenters. The molecule has 18 heavy (non-hydrogen) atoms. The number of carbonyl (C=O) groups excluding carboxylic acids is 1. The summed E-state index contributed by atoms with van der Waals surface area (Å²) in [6.07, 6.45) is 5.17. The third-order valence-electron chi connectivity index (χ3n) is 3.25. The molecule has 0 bridgehead atoms. The lowest BCUT2D eigenvalue weighted by molar-refractivity contribution is 0.0953. The minimum atomic E-state index is -0.130. The second-order valence-electron chi connectivity index (χ2n) is 4.36. The first-order valence-corrected chi connectivity index (χ1v) is 6.64. The minimum absolute atomic E-state index is 0.0694. The standard InChI is InChI=1S/C14H11BrN2O/c15-10-4-6-12(17-8-10)14(18)11-5-3-9-2-1-7-16-13(9)11/h1-2,4,6-8,11H,3,5H2. The van der Waals surface area contributed by atoms with E-state index in [0.717, 1.165) is 23.0 Å². The van der Waals surface area contributed by atoms with Crippen molar-refractivity contribution in [3.63, 3.8) is 0 Å². The quantitative estimate of drug-likeness (QED) is 0.800. The Morgan fingerprint density at radius 2 is 2.17 bits per heavy atom. The summed E-state index contributed by atoms with van der Waals surface area (Å²) in [6.45, 7) is 0. The van der Waals surface area contributed by atoms with Gasteiger partial charge in [0, 0.05) is 16.9 Å². The minimum Gasteiger partial charge on any atom is -0.292 e. The molecule has 0 aliphatic heterocycles. The Kier molecular flexibility index (Phi) is 2.96. The van der Waals surface area contributed by atoms with Crippen LogP contribution < -0.4 is 0 Å². The first-order valence-electron chi connectivity index (χ1n) is 5.85. The highest BCUT2D eigenvalue weighted by Crippen LogP contribution is 2.33. The van der Waals surface area contributed by atoms with E-state index in [9.17, 15) is 4.79 Å². The number of aromatic nitrogens is 2. The fourth-order valence-corrected chi connectivity index (χ4v) is 2.60. The van der Waals surface area contributed by atoms with Gasteiger partial charge in [0.2, 0.25) is 0 Å². The normalized spacial score (nSPS) is 17.5. The highest BCUT2D eigenvalue weighted by atomic mass is 79.9. The molecule has 2 aromatic heterocycles. The lowest BCUT2D eigenvalue weighted by atomic mass is 9.98. The molecule has 1 aliphatic rings. The Morgan fingerprint density at radius 3 is 2.94 bits per heavy atom. The number of fused-ring (bicyclic) bond motifs is 1. The summed E-state index contributed by atoms with van der Waals surface area (Å²) in [5.74, 6) is -0.0603. The molecular formula is C14H11BrN2O. The van der Waals surface area contributed by atoms with Crippen molar-refractivity contribution in [3.05, 3.63) is 58.1 Å². The molecule has 0 fully saturated rings. The van der Waals surface area contributed by atoms with Gasteiger partial charge in [-0.25, -0.2) is 0 Å². The number of carbonyl (C=O) groups is 1. The van der Waals surface area contributed by atoms with E-state index in [1.54, 1.807) is 18.5 Å². The van der Waals surface area contributed by atoms with Gasteiger partial charge >= 0.3 is 0 Å². The molecule has 1 unspecified atom stereocenters. The lowest BCUT2D eigenvalue weighted by Crippen LogP contribution is -2.12. The largest absolute Gasteiger partial charge is 0.292 e. The van der Waals surface area contributed by atoms with Gasteiger partial charge in [0.05, 0.1) is 11.6 Å². The Labute approximate surface area is 113 Å². The van der Waals surface area contributed by atoms with E-state index >= 15 is 0 Å². The van der Waals surface area contributed by atoms with Gasteiger partial charge in [-0.3, -0.25) is 14.8 Å². The number of nitrogens with zero attached hydrogens (tertiary/aromatic N) is 2. The van der Waals surface area contributed by atoms with Gasteiger partial charge in [0.25, 0.3) is 0 Å². The monoisotopic (exact) mass is 302 g/mol. The fraction of sp³-hybridized carbons (Fsp3) is 0.214. The van der Waals surface area contributed by atoms with Crippen LogP contribution in [0.25, 0.3) is 0 Å². The maximum Gasteiger partial charge on any atom is 0.190 e. The van der Waals surface area contributed by atoms with Gasteiger partial charge in [0.1, 0.15) is 5.69 Å². The van der Waals surface area contributed by atoms with E-state index < -0.39 is 0 Å². The van der Waals surface area contributed by atoms with Crippen molar-refractivity contribution in [2.45, 2.75) is 18.8 Å². The van der Waals surface area contributed by atoms with E-state index in [2.05, 4.69) is 25.9 Å². The molecule has 3 rings (SSSR count). The molecule has 90 valence electrons. The van der Waals surface area contributed by atoms with Gasteiger partial charge in [-0.2, -0.15) is 0 Å². The molecule has 0 spiro atoms. The second-order valence-corrected chi connectivity index (χ2v) is 5.28. The first kappa shape index (κ1) is 11.5. The SMILES string of the molecule is O=C(c1ccc(Br)cn1)C1CCc2cccnc21. The van der Waals surface area contributed by atoms with Crippen molar-refractivity contribution in [3.8, 4) is 0 Å². The number of aryl methyl sites for hydroxylation is 1. The maximum absolute atomic E-state index is 12.4. The summed E-state index contributed by atoms with van der Waals surface area (Å²) >= 11 is 3.32. The van der Waals surface area contributed by atoms with E-state index in [4.69, 9.17) is 0 Å². The summed E-state index contributed by atoms with van der Waals surface area (Å²) in [4.78, 5) is 20.9. The summed E-state index contributed by atoms with van der Waals surface area (Å²) in [7, 11) is 0. The van der Waals surface area contributed by atoms with E-state index in [1.807, 2.05) is 18.2 Å². The summed E-state index contributed by atoms with van der Waals surface area (Å²) < 4.78 is 0.879. The molecule has 0 N–H and O–H groups in total. The molecule has 2 heterocycles. The van der Waals surface area contributed by atoms with Crippen LogP contribution in [0, 0.1) is 0 Å². The third-order valence-corrected chi connectivity index (χ3v) is 3.72. The van der Waals surface area contributed by atoms with Gasteiger partial charge in [-0.1, -0.05) is 6.07 Å². The zero-order valence-corrected chi connectivity index (χ0v) is 11.2. The maximum atomic E-state index is 12.4. The number of halogens is 1. The average Bonchev–Trinajstić information content (AvgIpc) is 2.82. The third kappa shape index (κ3) is 1.97. The molecule has 3 nitrogen and oxygen atoms in total. The van der Waals surface area contributed by atoms with Crippen LogP contribution in [0.4, 0.5) is 0 Å². The van der Waals surface area contributed by atoms with E-state index in [0.29, 0.717) is 5.69 Å². The van der Waals surface area contributed by atoms with Gasteiger partial charge < -0.3 is 0 Å². The number of hydrogen-bond acceptors (Lipinski definition) is 3. The van der Waals surface area contributed by atoms with Crippen molar-refractivity contribution in [1.82, 2.24) is 9.97 Å². The molecule has 0 saturated heterocycles. The van der Waals surface area contributed by atoms with E-state index in [1.165, 1.54) is 5.56 Å². The molecule has 0 amide bonds. The van der Waals surface area contributed by atoms with Crippen LogP contribution in [0.5, 0.6) is 0 Å². The summed E-state index contributed by atoms with van der Waals surface area (Å²) in [5, 5.41) is 0. The Balaban J connectivity index is 1.93. The molecule has 0 saturated carbocycles. The first-order chi connectivity index (χ1) is 8.75. The van der Waals surface area contributed by atoms with Crippen LogP contribution in [0.1, 0.15) is 34.1 Å². The van der Waals surface area contributed by atoms with Gasteiger partial charge in [0.15, 0.2) is 5.78 Å². The number of ketones is 1. The highest BCUT2D eigenvalue weighted by molar-refractivity contribution is 9.10. The molecule has 0 aromatic carbocycles. The molecular weight excluding hydrogens is 292 g/mol. The molecule has 0 radical (unpaired) electrons. The fourth-order valence-electron chi connectivity index (χ4n) is 2.37. The topological polar surface area (TPSA) is 42.9 Å². The van der Waals surface area contributed by atoms with Crippen LogP contribution in [0.2, 0.25) is 0 Å². The zero-order chi connectivity index (χ0) is 12.5. The predicted molar refractivity (Wildman–Crippen MR) is 71.6 cm³/mol. The Morgan fingerprint density at radius 1 is 1.28 bits per heavy atom. The van der Waals surface area contributed by atoms with Crippen LogP contribution in [0.15, 0.2) is 41.1 Å². The Bertz CT molecular complexity index is 595. The highest BCUT2D eigenvalue weighted by Gasteiger charge is 2.30. The summed E-state index contributed by atoms with van der Waals surface area (Å²) in [6, 6.07) is 7.57. The number of hydrogen-bond donors (Lipinski definition) is 0. The second kappa shape index (κ2) is 4.61. The number of rotatable bonds is 2. The lowest BCUT2D eigenvalue weighted by Gasteiger charge is -2.08. The smallest absolute Gasteiger partial charge is 0.190 e. The van der Waals surface area contributed by atoms with Gasteiger partial charge in [-0.05, 0) is 52.5 Å². The van der Waals surface area contributed by atoms with Crippen molar-refractivity contribution >= 4 is 21.7 Å². The van der Waals surface area contributed by atoms with Crippen molar-refractivity contribution in [2.24, 2.45) is 0 Å². The van der Waals surface area contributed by atoms with Crippen LogP contribution >= 0.6 is 15.9 Å². The van der Waals surface area contributed by atoms with Crippen LogP contribution in [-0.4, -0.2) is 15.8 Å². The zero-order valence-electron chi connectivity index (χ0n) is 9.64. The van der Waals surface area contributed by atoms with Crippen LogP contribution in [0.3, 0.4) is 0 Å². The molecule has 1 aliphatic carbocycles. The number of pyridine rings is 2. The molecule has 4 heteroatoms. The summed E-state index contributed by atoms with van der Waals surface area (Å²) in [5.41, 5.74) is 2.63. The van der Waals surface area contributed by atoms with Crippen molar-refractivity contribution in [1.29, 1.82) is 0 Å². The van der Waals surface area contributed by atoms with Gasteiger partial charge in [-0.15, -0.1) is 0 Å². The molecule has 2 aromatic rings.